The number of nitrogens with one attached hydrogen (secondary N) is 1. The van der Waals surface area contributed by atoms with Gasteiger partial charge in [0.15, 0.2) is 5.76 Å². The molecule has 0 unspecified atom stereocenters. The van der Waals surface area contributed by atoms with Crippen molar-refractivity contribution in [1.29, 1.82) is 0 Å². The van der Waals surface area contributed by atoms with Crippen molar-refractivity contribution in [2.24, 2.45) is 0 Å². The van der Waals surface area contributed by atoms with Crippen LogP contribution < -0.4 is 10.1 Å². The van der Waals surface area contributed by atoms with Crippen molar-refractivity contribution in [3.05, 3.63) is 95.2 Å². The van der Waals surface area contributed by atoms with Gasteiger partial charge in [0.2, 0.25) is 5.78 Å². The van der Waals surface area contributed by atoms with Crippen LogP contribution in [0.15, 0.2) is 77.2 Å². The highest BCUT2D eigenvalue weighted by Crippen LogP contribution is 2.33. The molecule has 31 heavy (non-hydrogen) atoms. The molecule has 5 nitrogen and oxygen atoms in total. The van der Waals surface area contributed by atoms with Crippen LogP contribution in [0.4, 0.5) is 5.69 Å². The van der Waals surface area contributed by atoms with Gasteiger partial charge in [0.05, 0.1) is 12.3 Å². The number of benzene rings is 3. The molecular weight excluding hydrogens is 390 g/mol. The number of furan rings is 1. The number of ketones is 1. The number of rotatable bonds is 7. The van der Waals surface area contributed by atoms with Crippen molar-refractivity contribution in [1.82, 2.24) is 0 Å². The van der Waals surface area contributed by atoms with Crippen molar-refractivity contribution in [3.8, 4) is 5.75 Å². The van der Waals surface area contributed by atoms with Gasteiger partial charge in [0, 0.05) is 16.5 Å². The maximum atomic E-state index is 13.2. The zero-order chi connectivity index (χ0) is 21.8. The van der Waals surface area contributed by atoms with E-state index in [-0.39, 0.29) is 17.5 Å². The molecule has 0 atom stereocenters. The Morgan fingerprint density at radius 3 is 2.48 bits per heavy atom. The van der Waals surface area contributed by atoms with Crippen molar-refractivity contribution < 1.29 is 18.7 Å². The lowest BCUT2D eigenvalue weighted by Crippen LogP contribution is -2.14. The molecule has 156 valence electrons. The summed E-state index contributed by atoms with van der Waals surface area (Å²) in [6.45, 7) is 4.55. The summed E-state index contributed by atoms with van der Waals surface area (Å²) in [6.07, 6.45) is 0.877. The van der Waals surface area contributed by atoms with Gasteiger partial charge in [-0.05, 0) is 43.7 Å². The SMILES string of the molecule is CCCOc1cccc(C(=O)Nc2c(C(=O)c3ccc(C)cc3)oc3ccccc23)c1. The molecule has 4 rings (SSSR count). The fourth-order valence-corrected chi connectivity index (χ4v) is 3.30. The molecule has 0 saturated carbocycles. The largest absolute Gasteiger partial charge is 0.494 e. The zero-order valence-electron chi connectivity index (χ0n) is 17.5. The van der Waals surface area contributed by atoms with E-state index < -0.39 is 0 Å². The highest BCUT2D eigenvalue weighted by molar-refractivity contribution is 6.18. The maximum Gasteiger partial charge on any atom is 0.255 e. The Bertz CT molecular complexity index is 1240. The highest BCUT2D eigenvalue weighted by atomic mass is 16.5. The van der Waals surface area contributed by atoms with E-state index >= 15 is 0 Å². The normalized spacial score (nSPS) is 10.8. The Labute approximate surface area is 180 Å². The first-order chi connectivity index (χ1) is 15.1. The molecule has 0 aliphatic heterocycles. The molecule has 1 aromatic heterocycles. The number of amides is 1. The van der Waals surface area contributed by atoms with Gasteiger partial charge in [0.25, 0.3) is 5.91 Å². The molecule has 0 fully saturated rings. The molecule has 4 aromatic rings. The van der Waals surface area contributed by atoms with Crippen LogP contribution in [0.2, 0.25) is 0 Å². The van der Waals surface area contributed by atoms with Crippen LogP contribution in [0.1, 0.15) is 45.4 Å². The van der Waals surface area contributed by atoms with Crippen molar-refractivity contribution in [3.63, 3.8) is 0 Å². The summed E-state index contributed by atoms with van der Waals surface area (Å²) >= 11 is 0. The number of para-hydroxylation sites is 1. The quantitative estimate of drug-likeness (QED) is 0.377. The van der Waals surface area contributed by atoms with E-state index in [9.17, 15) is 9.59 Å². The first-order valence-corrected chi connectivity index (χ1v) is 10.2. The molecule has 0 spiro atoms. The molecule has 1 amide bonds. The Kier molecular flexibility index (Phi) is 5.85. The van der Waals surface area contributed by atoms with Crippen molar-refractivity contribution >= 4 is 28.3 Å². The molecule has 0 aliphatic carbocycles. The van der Waals surface area contributed by atoms with Gasteiger partial charge >= 0.3 is 0 Å². The smallest absolute Gasteiger partial charge is 0.255 e. The third-order valence-electron chi connectivity index (χ3n) is 4.92. The second-order valence-electron chi connectivity index (χ2n) is 7.33. The minimum atomic E-state index is -0.341. The number of ether oxygens (including phenoxy) is 1. The fourth-order valence-electron chi connectivity index (χ4n) is 3.30. The lowest BCUT2D eigenvalue weighted by atomic mass is 10.1. The van der Waals surface area contributed by atoms with Gasteiger partial charge < -0.3 is 14.5 Å². The average molecular weight is 413 g/mol. The van der Waals surface area contributed by atoms with Gasteiger partial charge in [-0.25, -0.2) is 0 Å². The van der Waals surface area contributed by atoms with Gasteiger partial charge in [-0.1, -0.05) is 55.0 Å². The van der Waals surface area contributed by atoms with E-state index in [2.05, 4.69) is 5.32 Å². The number of anilines is 1. The van der Waals surface area contributed by atoms with E-state index in [0.29, 0.717) is 40.1 Å². The molecule has 0 aliphatic rings. The van der Waals surface area contributed by atoms with Crippen LogP contribution in [-0.4, -0.2) is 18.3 Å². The van der Waals surface area contributed by atoms with Gasteiger partial charge in [-0.2, -0.15) is 0 Å². The van der Waals surface area contributed by atoms with Crippen LogP contribution in [0.3, 0.4) is 0 Å². The lowest BCUT2D eigenvalue weighted by Gasteiger charge is -2.09. The standard InChI is InChI=1S/C26H23NO4/c1-3-15-30-20-8-6-7-19(16-20)26(29)27-23-21-9-4-5-10-22(21)31-25(23)24(28)18-13-11-17(2)12-14-18/h4-14,16H,3,15H2,1-2H3,(H,27,29). The second kappa shape index (κ2) is 8.88. The second-order valence-corrected chi connectivity index (χ2v) is 7.33. The number of aryl methyl sites for hydroxylation is 1. The summed E-state index contributed by atoms with van der Waals surface area (Å²) < 4.78 is 11.5. The number of hydrogen-bond donors (Lipinski definition) is 1. The number of carbonyl (C=O) groups excluding carboxylic acids is 2. The highest BCUT2D eigenvalue weighted by Gasteiger charge is 2.23. The first-order valence-electron chi connectivity index (χ1n) is 10.2. The fraction of sp³-hybridized carbons (Fsp3) is 0.154. The van der Waals surface area contributed by atoms with Crippen LogP contribution in [0.25, 0.3) is 11.0 Å². The number of fused-ring (bicyclic) bond motifs is 1. The van der Waals surface area contributed by atoms with Crippen molar-refractivity contribution in [2.45, 2.75) is 20.3 Å². The van der Waals surface area contributed by atoms with Crippen LogP contribution in [0.5, 0.6) is 5.75 Å². The van der Waals surface area contributed by atoms with E-state index in [0.717, 1.165) is 12.0 Å². The van der Waals surface area contributed by atoms with Crippen LogP contribution in [-0.2, 0) is 0 Å². The lowest BCUT2D eigenvalue weighted by molar-refractivity contribution is 0.101. The third-order valence-corrected chi connectivity index (χ3v) is 4.92. The van der Waals surface area contributed by atoms with Gasteiger partial charge in [-0.3, -0.25) is 9.59 Å². The van der Waals surface area contributed by atoms with E-state index in [1.54, 1.807) is 36.4 Å². The molecule has 1 heterocycles. The van der Waals surface area contributed by atoms with Gasteiger partial charge in [-0.15, -0.1) is 0 Å². The molecule has 5 heteroatoms. The van der Waals surface area contributed by atoms with E-state index in [1.807, 2.05) is 50.2 Å². The first kappa shape index (κ1) is 20.4. The Morgan fingerprint density at radius 2 is 1.71 bits per heavy atom. The molecule has 1 N–H and O–H groups in total. The Balaban J connectivity index is 1.70. The summed E-state index contributed by atoms with van der Waals surface area (Å²) in [5, 5.41) is 3.56. The summed E-state index contributed by atoms with van der Waals surface area (Å²) in [6, 6.07) is 21.5. The summed E-state index contributed by atoms with van der Waals surface area (Å²) in [7, 11) is 0. The molecular formula is C26H23NO4. The minimum absolute atomic E-state index is 0.108. The maximum absolute atomic E-state index is 13.2. The monoisotopic (exact) mass is 413 g/mol. The van der Waals surface area contributed by atoms with Crippen LogP contribution >= 0.6 is 0 Å². The predicted molar refractivity (Wildman–Crippen MR) is 121 cm³/mol. The van der Waals surface area contributed by atoms with E-state index in [4.69, 9.17) is 9.15 Å². The Morgan fingerprint density at radius 1 is 0.935 bits per heavy atom. The summed E-state index contributed by atoms with van der Waals surface area (Å²) in [5.41, 5.74) is 2.89. The topological polar surface area (TPSA) is 68.5 Å². The molecule has 0 saturated heterocycles. The molecule has 0 radical (unpaired) electrons. The van der Waals surface area contributed by atoms with Crippen molar-refractivity contribution in [2.75, 3.05) is 11.9 Å². The predicted octanol–water partition coefficient (Wildman–Crippen LogP) is 6.01. The molecule has 0 bridgehead atoms. The number of hydrogen-bond acceptors (Lipinski definition) is 4. The number of carbonyl (C=O) groups is 2. The Hall–Kier alpha value is -3.86. The zero-order valence-corrected chi connectivity index (χ0v) is 17.5. The molecule has 3 aromatic carbocycles. The average Bonchev–Trinajstić information content (AvgIpc) is 3.16. The summed E-state index contributed by atoms with van der Waals surface area (Å²) in [4.78, 5) is 26.2. The van der Waals surface area contributed by atoms with Crippen LogP contribution in [0, 0.1) is 6.92 Å². The van der Waals surface area contributed by atoms with Gasteiger partial charge in [0.1, 0.15) is 11.3 Å². The summed E-state index contributed by atoms with van der Waals surface area (Å²) in [5.74, 6) is 0.109. The minimum Gasteiger partial charge on any atom is -0.494 e. The third kappa shape index (κ3) is 4.36. The van der Waals surface area contributed by atoms with E-state index in [1.165, 1.54) is 0 Å².